The average molecular weight is 224 g/mol. The maximum Gasteiger partial charge on any atom is 0.425 e. The molecular formula is C7H7F3N2OS. The number of nitrogens with two attached hydrogens (primary N) is 1. The van der Waals surface area contributed by atoms with Gasteiger partial charge in [-0.1, -0.05) is 0 Å². The molecule has 0 spiro atoms. The number of rotatable bonds is 1. The number of anilines is 1. The SMILES string of the molecule is CN(C(N)=O)c1ccc(C(F)(F)F)s1. The van der Waals surface area contributed by atoms with E-state index in [2.05, 4.69) is 0 Å². The van der Waals surface area contributed by atoms with Crippen LogP contribution >= 0.6 is 11.3 Å². The highest BCUT2D eigenvalue weighted by Crippen LogP contribution is 2.37. The number of carbonyl (C=O) groups excluding carboxylic acids is 1. The molecule has 7 heteroatoms. The summed E-state index contributed by atoms with van der Waals surface area (Å²) in [5.74, 6) is 0. The molecule has 0 saturated carbocycles. The third-order valence-electron chi connectivity index (χ3n) is 1.53. The van der Waals surface area contributed by atoms with Gasteiger partial charge in [0.15, 0.2) is 0 Å². The summed E-state index contributed by atoms with van der Waals surface area (Å²) in [5.41, 5.74) is 4.90. The summed E-state index contributed by atoms with van der Waals surface area (Å²) >= 11 is 0.476. The van der Waals surface area contributed by atoms with E-state index in [1.807, 2.05) is 0 Å². The lowest BCUT2D eigenvalue weighted by atomic mass is 10.4. The number of hydrogen-bond donors (Lipinski definition) is 1. The average Bonchev–Trinajstić information content (AvgIpc) is 2.49. The van der Waals surface area contributed by atoms with E-state index in [1.165, 1.54) is 13.1 Å². The van der Waals surface area contributed by atoms with Crippen LogP contribution in [-0.2, 0) is 6.18 Å². The maximum absolute atomic E-state index is 12.1. The molecule has 1 rings (SSSR count). The van der Waals surface area contributed by atoms with E-state index in [-0.39, 0.29) is 5.00 Å². The topological polar surface area (TPSA) is 46.3 Å². The molecule has 0 fully saturated rings. The van der Waals surface area contributed by atoms with Crippen molar-refractivity contribution in [2.24, 2.45) is 5.73 Å². The number of carbonyl (C=O) groups is 1. The molecular weight excluding hydrogens is 217 g/mol. The Morgan fingerprint density at radius 1 is 1.50 bits per heavy atom. The van der Waals surface area contributed by atoms with Gasteiger partial charge in [0.2, 0.25) is 0 Å². The molecule has 0 saturated heterocycles. The monoisotopic (exact) mass is 224 g/mol. The highest BCUT2D eigenvalue weighted by atomic mass is 32.1. The Bertz CT molecular complexity index is 347. The van der Waals surface area contributed by atoms with Gasteiger partial charge in [0.05, 0.1) is 5.00 Å². The van der Waals surface area contributed by atoms with E-state index in [9.17, 15) is 18.0 Å². The summed E-state index contributed by atoms with van der Waals surface area (Å²) in [6.07, 6.45) is -4.37. The van der Waals surface area contributed by atoms with Crippen molar-refractivity contribution in [2.45, 2.75) is 6.18 Å². The van der Waals surface area contributed by atoms with Gasteiger partial charge in [0.1, 0.15) is 4.88 Å². The fraction of sp³-hybridized carbons (Fsp3) is 0.286. The fourth-order valence-corrected chi connectivity index (χ4v) is 1.61. The van der Waals surface area contributed by atoms with E-state index in [0.29, 0.717) is 11.3 Å². The lowest BCUT2D eigenvalue weighted by molar-refractivity contribution is -0.134. The Kier molecular flexibility index (Phi) is 2.70. The molecule has 0 bridgehead atoms. The number of amides is 2. The van der Waals surface area contributed by atoms with Gasteiger partial charge in [-0.15, -0.1) is 11.3 Å². The van der Waals surface area contributed by atoms with Gasteiger partial charge >= 0.3 is 12.2 Å². The first kappa shape index (κ1) is 10.8. The molecule has 0 aromatic carbocycles. The number of hydrogen-bond acceptors (Lipinski definition) is 2. The van der Waals surface area contributed by atoms with Crippen LogP contribution in [0.5, 0.6) is 0 Å². The van der Waals surface area contributed by atoms with E-state index < -0.39 is 17.1 Å². The molecule has 1 aromatic rings. The third-order valence-corrected chi connectivity index (χ3v) is 2.74. The molecule has 2 amide bonds. The summed E-state index contributed by atoms with van der Waals surface area (Å²) in [6.45, 7) is 0. The lowest BCUT2D eigenvalue weighted by Crippen LogP contribution is -2.30. The first-order valence-electron chi connectivity index (χ1n) is 3.52. The van der Waals surface area contributed by atoms with Crippen LogP contribution in [0.4, 0.5) is 23.0 Å². The molecule has 0 unspecified atom stereocenters. The van der Waals surface area contributed by atoms with Crippen LogP contribution in [0.15, 0.2) is 12.1 Å². The first-order chi connectivity index (χ1) is 6.32. The zero-order chi connectivity index (χ0) is 10.9. The van der Waals surface area contributed by atoms with Crippen LogP contribution < -0.4 is 10.6 Å². The number of alkyl halides is 3. The highest BCUT2D eigenvalue weighted by molar-refractivity contribution is 7.16. The predicted octanol–water partition coefficient (Wildman–Crippen LogP) is 2.28. The Morgan fingerprint density at radius 2 is 2.07 bits per heavy atom. The Morgan fingerprint density at radius 3 is 2.43 bits per heavy atom. The van der Waals surface area contributed by atoms with Crippen LogP contribution in [0.3, 0.4) is 0 Å². The minimum atomic E-state index is -4.37. The zero-order valence-corrected chi connectivity index (χ0v) is 7.95. The van der Waals surface area contributed by atoms with E-state index in [4.69, 9.17) is 5.73 Å². The van der Waals surface area contributed by atoms with Crippen molar-refractivity contribution < 1.29 is 18.0 Å². The molecule has 1 aromatic heterocycles. The van der Waals surface area contributed by atoms with Crippen LogP contribution in [0.1, 0.15) is 4.88 Å². The number of thiophene rings is 1. The van der Waals surface area contributed by atoms with Crippen molar-refractivity contribution in [1.82, 2.24) is 0 Å². The van der Waals surface area contributed by atoms with Gasteiger partial charge in [-0.3, -0.25) is 4.90 Å². The van der Waals surface area contributed by atoms with Gasteiger partial charge in [-0.05, 0) is 12.1 Å². The third kappa shape index (κ3) is 2.16. The molecule has 2 N–H and O–H groups in total. The minimum Gasteiger partial charge on any atom is -0.351 e. The second kappa shape index (κ2) is 3.49. The fourth-order valence-electron chi connectivity index (χ4n) is 0.769. The van der Waals surface area contributed by atoms with Crippen LogP contribution in [0.25, 0.3) is 0 Å². The van der Waals surface area contributed by atoms with Crippen molar-refractivity contribution in [3.63, 3.8) is 0 Å². The Balaban J connectivity index is 2.94. The van der Waals surface area contributed by atoms with Crippen molar-refractivity contribution in [2.75, 3.05) is 11.9 Å². The van der Waals surface area contributed by atoms with E-state index in [1.54, 1.807) is 0 Å². The summed E-state index contributed by atoms with van der Waals surface area (Å²) in [5, 5.41) is 0.171. The quantitative estimate of drug-likeness (QED) is 0.781. The number of halogens is 3. The van der Waals surface area contributed by atoms with Gasteiger partial charge in [-0.25, -0.2) is 4.79 Å². The number of urea groups is 1. The smallest absolute Gasteiger partial charge is 0.351 e. The van der Waals surface area contributed by atoms with E-state index in [0.717, 1.165) is 11.0 Å². The largest absolute Gasteiger partial charge is 0.425 e. The normalized spacial score (nSPS) is 11.4. The second-order valence-corrected chi connectivity index (χ2v) is 3.60. The lowest BCUT2D eigenvalue weighted by Gasteiger charge is -2.10. The number of primary amides is 1. The summed E-state index contributed by atoms with van der Waals surface area (Å²) in [4.78, 5) is 10.8. The van der Waals surface area contributed by atoms with Crippen LogP contribution in [0.2, 0.25) is 0 Å². The van der Waals surface area contributed by atoms with Gasteiger partial charge < -0.3 is 5.73 Å². The standard InChI is InChI=1S/C7H7F3N2OS/c1-12(6(11)13)5-3-2-4(14-5)7(8,9)10/h2-3H,1H3,(H2,11,13). The Labute approximate surface area is 81.9 Å². The predicted molar refractivity (Wildman–Crippen MR) is 47.3 cm³/mol. The van der Waals surface area contributed by atoms with Gasteiger partial charge in [-0.2, -0.15) is 13.2 Å². The summed E-state index contributed by atoms with van der Waals surface area (Å²) in [6, 6.07) is 1.33. The van der Waals surface area contributed by atoms with E-state index >= 15 is 0 Å². The van der Waals surface area contributed by atoms with Crippen molar-refractivity contribution >= 4 is 22.4 Å². The zero-order valence-electron chi connectivity index (χ0n) is 7.13. The summed E-state index contributed by atoms with van der Waals surface area (Å²) in [7, 11) is 1.31. The van der Waals surface area contributed by atoms with Crippen molar-refractivity contribution in [3.8, 4) is 0 Å². The molecule has 0 aliphatic rings. The van der Waals surface area contributed by atoms with Crippen molar-refractivity contribution in [3.05, 3.63) is 17.0 Å². The second-order valence-electron chi connectivity index (χ2n) is 2.53. The number of nitrogens with zero attached hydrogens (tertiary/aromatic N) is 1. The van der Waals surface area contributed by atoms with Crippen molar-refractivity contribution in [1.29, 1.82) is 0 Å². The molecule has 0 radical (unpaired) electrons. The van der Waals surface area contributed by atoms with Gasteiger partial charge in [0.25, 0.3) is 0 Å². The van der Waals surface area contributed by atoms with Gasteiger partial charge in [0, 0.05) is 7.05 Å². The molecule has 14 heavy (non-hydrogen) atoms. The molecule has 1 heterocycles. The molecule has 3 nitrogen and oxygen atoms in total. The van der Waals surface area contributed by atoms with Crippen LogP contribution in [0, 0.1) is 0 Å². The minimum absolute atomic E-state index is 0.171. The summed E-state index contributed by atoms with van der Waals surface area (Å²) < 4.78 is 36.4. The van der Waals surface area contributed by atoms with Crippen LogP contribution in [-0.4, -0.2) is 13.1 Å². The Hall–Kier alpha value is -1.24. The molecule has 0 atom stereocenters. The molecule has 0 aliphatic carbocycles. The molecule has 0 aliphatic heterocycles. The highest BCUT2D eigenvalue weighted by Gasteiger charge is 2.32. The molecule has 78 valence electrons. The maximum atomic E-state index is 12.1. The first-order valence-corrected chi connectivity index (χ1v) is 4.34.